The minimum atomic E-state index is -0.347. The molecule has 7 heteroatoms. The lowest BCUT2D eigenvalue weighted by molar-refractivity contribution is 0.0994. The van der Waals surface area contributed by atoms with Gasteiger partial charge >= 0.3 is 0 Å². The molecule has 0 bridgehead atoms. The number of aromatic nitrogens is 1. The number of fused-ring (bicyclic) bond motifs is 1. The van der Waals surface area contributed by atoms with Crippen molar-refractivity contribution in [1.29, 1.82) is 0 Å². The third-order valence-electron chi connectivity index (χ3n) is 4.88. The van der Waals surface area contributed by atoms with Crippen LogP contribution in [0.15, 0.2) is 100 Å². The van der Waals surface area contributed by atoms with Crippen LogP contribution in [0.4, 0.5) is 11.4 Å². The minimum absolute atomic E-state index is 0.222. The molecule has 32 heavy (non-hydrogen) atoms. The van der Waals surface area contributed by atoms with Gasteiger partial charge < -0.3 is 19.5 Å². The van der Waals surface area contributed by atoms with Crippen LogP contribution in [-0.4, -0.2) is 16.8 Å². The van der Waals surface area contributed by atoms with Gasteiger partial charge in [-0.3, -0.25) is 9.59 Å². The van der Waals surface area contributed by atoms with Crippen molar-refractivity contribution in [2.45, 2.75) is 0 Å². The van der Waals surface area contributed by atoms with Gasteiger partial charge in [0.05, 0.1) is 23.6 Å². The first-order chi connectivity index (χ1) is 15.7. The summed E-state index contributed by atoms with van der Waals surface area (Å²) in [5.74, 6) is 0.185. The topological polar surface area (TPSA) is 97.4 Å². The number of nitrogens with one attached hydrogen (secondary N) is 2. The van der Waals surface area contributed by atoms with Gasteiger partial charge in [-0.15, -0.1) is 0 Å². The number of hydrogen-bond donors (Lipinski definition) is 2. The van der Waals surface area contributed by atoms with E-state index in [2.05, 4.69) is 15.6 Å². The maximum Gasteiger partial charge on any atom is 0.291 e. The zero-order valence-corrected chi connectivity index (χ0v) is 16.7. The predicted octanol–water partition coefficient (Wildman–Crippen LogP) is 5.59. The molecule has 156 valence electrons. The van der Waals surface area contributed by atoms with Crippen molar-refractivity contribution in [2.24, 2.45) is 0 Å². The van der Waals surface area contributed by atoms with E-state index >= 15 is 0 Å². The van der Waals surface area contributed by atoms with Crippen LogP contribution >= 0.6 is 0 Å². The third-order valence-corrected chi connectivity index (χ3v) is 4.88. The minimum Gasteiger partial charge on any atom is -0.463 e. The van der Waals surface area contributed by atoms with Gasteiger partial charge in [0.15, 0.2) is 11.5 Å². The number of nitrogens with zero attached hydrogens (tertiary/aromatic N) is 1. The van der Waals surface area contributed by atoms with Crippen LogP contribution in [0.25, 0.3) is 22.4 Å². The Morgan fingerprint density at radius 1 is 0.719 bits per heavy atom. The van der Waals surface area contributed by atoms with E-state index in [9.17, 15) is 9.59 Å². The van der Waals surface area contributed by atoms with Gasteiger partial charge in [0.2, 0.25) is 0 Å². The smallest absolute Gasteiger partial charge is 0.291 e. The van der Waals surface area contributed by atoms with Crippen LogP contribution in [0.5, 0.6) is 0 Å². The van der Waals surface area contributed by atoms with E-state index in [0.717, 1.165) is 5.39 Å². The highest BCUT2D eigenvalue weighted by Crippen LogP contribution is 2.26. The molecule has 0 aliphatic carbocycles. The van der Waals surface area contributed by atoms with Crippen LogP contribution in [-0.2, 0) is 0 Å². The fraction of sp³-hybridized carbons (Fsp3) is 0. The van der Waals surface area contributed by atoms with Crippen LogP contribution in [0.2, 0.25) is 0 Å². The number of carbonyl (C=O) groups excluding carboxylic acids is 2. The van der Waals surface area contributed by atoms with Gasteiger partial charge in [-0.2, -0.15) is 0 Å². The molecule has 0 aliphatic rings. The normalized spacial score (nSPS) is 10.8. The van der Waals surface area contributed by atoms with Gasteiger partial charge in [-0.25, -0.2) is 4.98 Å². The quantitative estimate of drug-likeness (QED) is 0.384. The fourth-order valence-electron chi connectivity index (χ4n) is 3.35. The number of hydrogen-bond acceptors (Lipinski definition) is 5. The van der Waals surface area contributed by atoms with Gasteiger partial charge in [0.1, 0.15) is 5.69 Å². The number of para-hydroxylation sites is 1. The molecule has 0 fully saturated rings. The number of rotatable bonds is 5. The molecule has 7 nitrogen and oxygen atoms in total. The van der Waals surface area contributed by atoms with E-state index in [1.54, 1.807) is 60.9 Å². The van der Waals surface area contributed by atoms with Crippen molar-refractivity contribution >= 4 is 34.1 Å². The van der Waals surface area contributed by atoms with Crippen LogP contribution in [0.1, 0.15) is 20.9 Å². The van der Waals surface area contributed by atoms with Crippen LogP contribution < -0.4 is 10.6 Å². The molecule has 5 rings (SSSR count). The molecule has 0 saturated carbocycles. The van der Waals surface area contributed by atoms with Crippen LogP contribution in [0, 0.1) is 0 Å². The van der Waals surface area contributed by atoms with Crippen molar-refractivity contribution in [1.82, 2.24) is 4.98 Å². The first-order valence-corrected chi connectivity index (χ1v) is 9.87. The standard InChI is InChI=1S/C25H17N3O4/c29-24(26-16-9-11-17(12-10-16)27-25(30)23-8-4-14-32-23)19-15-21(22-7-3-13-31-22)28-20-6-2-1-5-18(19)20/h1-15H,(H,26,29)(H,27,30). The Morgan fingerprint density at radius 2 is 1.41 bits per heavy atom. The average molecular weight is 423 g/mol. The van der Waals surface area contributed by atoms with Crippen molar-refractivity contribution in [3.63, 3.8) is 0 Å². The summed E-state index contributed by atoms with van der Waals surface area (Å²) in [6.45, 7) is 0. The second kappa shape index (κ2) is 8.23. The Hall–Kier alpha value is -4.65. The van der Waals surface area contributed by atoms with E-state index in [1.165, 1.54) is 6.26 Å². The number of pyridine rings is 1. The lowest BCUT2D eigenvalue weighted by Gasteiger charge is -2.10. The van der Waals surface area contributed by atoms with E-state index in [4.69, 9.17) is 8.83 Å². The fourth-order valence-corrected chi connectivity index (χ4v) is 3.35. The zero-order chi connectivity index (χ0) is 21.9. The molecule has 3 aromatic heterocycles. The van der Waals surface area contributed by atoms with Gasteiger partial charge in [0, 0.05) is 16.8 Å². The highest BCUT2D eigenvalue weighted by molar-refractivity contribution is 6.13. The van der Waals surface area contributed by atoms with Crippen molar-refractivity contribution in [3.05, 3.63) is 103 Å². The summed E-state index contributed by atoms with van der Waals surface area (Å²) in [5.41, 5.74) is 2.93. The monoisotopic (exact) mass is 423 g/mol. The van der Waals surface area contributed by atoms with Crippen LogP contribution in [0.3, 0.4) is 0 Å². The summed E-state index contributed by atoms with van der Waals surface area (Å²) < 4.78 is 10.5. The summed E-state index contributed by atoms with van der Waals surface area (Å²) >= 11 is 0. The molecule has 0 spiro atoms. The Morgan fingerprint density at radius 3 is 2.09 bits per heavy atom. The molecule has 2 amide bonds. The van der Waals surface area contributed by atoms with E-state index in [0.29, 0.717) is 33.9 Å². The Labute approximate surface area is 182 Å². The number of carbonyl (C=O) groups is 2. The molecular formula is C25H17N3O4. The van der Waals surface area contributed by atoms with Crippen molar-refractivity contribution in [3.8, 4) is 11.5 Å². The first-order valence-electron chi connectivity index (χ1n) is 9.87. The number of amides is 2. The highest BCUT2D eigenvalue weighted by atomic mass is 16.3. The highest BCUT2D eigenvalue weighted by Gasteiger charge is 2.15. The first kappa shape index (κ1) is 19.3. The second-order valence-corrected chi connectivity index (χ2v) is 7.01. The van der Waals surface area contributed by atoms with Crippen molar-refractivity contribution < 1.29 is 18.4 Å². The van der Waals surface area contributed by atoms with E-state index in [1.807, 2.05) is 24.3 Å². The molecule has 2 aromatic carbocycles. The Balaban J connectivity index is 1.38. The molecule has 0 unspecified atom stereocenters. The molecule has 0 radical (unpaired) electrons. The Bertz CT molecular complexity index is 1390. The van der Waals surface area contributed by atoms with Crippen molar-refractivity contribution in [2.75, 3.05) is 10.6 Å². The maximum atomic E-state index is 13.1. The van der Waals surface area contributed by atoms with Gasteiger partial charge in [-0.05, 0) is 60.7 Å². The summed E-state index contributed by atoms with van der Waals surface area (Å²) in [5, 5.41) is 6.38. The average Bonchev–Trinajstić information content (AvgIpc) is 3.54. The van der Waals surface area contributed by atoms with Gasteiger partial charge in [0.25, 0.3) is 11.8 Å². The molecule has 5 aromatic rings. The maximum absolute atomic E-state index is 13.1. The lowest BCUT2D eigenvalue weighted by atomic mass is 10.1. The predicted molar refractivity (Wildman–Crippen MR) is 121 cm³/mol. The molecular weight excluding hydrogens is 406 g/mol. The SMILES string of the molecule is O=C(Nc1ccc(NC(=O)c2cc(-c3ccco3)nc3ccccc23)cc1)c1ccco1. The number of anilines is 2. The summed E-state index contributed by atoms with van der Waals surface area (Å²) in [6.07, 6.45) is 3.01. The van der Waals surface area contributed by atoms with E-state index < -0.39 is 0 Å². The number of benzene rings is 2. The molecule has 2 N–H and O–H groups in total. The van der Waals surface area contributed by atoms with E-state index in [-0.39, 0.29) is 17.6 Å². The second-order valence-electron chi connectivity index (χ2n) is 7.01. The summed E-state index contributed by atoms with van der Waals surface area (Å²) in [6, 6.07) is 22.8. The Kier molecular flexibility index (Phi) is 4.97. The lowest BCUT2D eigenvalue weighted by Crippen LogP contribution is -2.13. The third kappa shape index (κ3) is 3.87. The molecule has 3 heterocycles. The molecule has 0 atom stereocenters. The molecule has 0 aliphatic heterocycles. The summed E-state index contributed by atoms with van der Waals surface area (Å²) in [4.78, 5) is 29.8. The molecule has 0 saturated heterocycles. The number of furan rings is 2. The largest absolute Gasteiger partial charge is 0.463 e. The van der Waals surface area contributed by atoms with Gasteiger partial charge in [-0.1, -0.05) is 18.2 Å². The zero-order valence-electron chi connectivity index (χ0n) is 16.7. The summed E-state index contributed by atoms with van der Waals surface area (Å²) in [7, 11) is 0.